The van der Waals surface area contributed by atoms with Crippen molar-refractivity contribution >= 4 is 47.1 Å². The lowest BCUT2D eigenvalue weighted by Gasteiger charge is -2.16. The summed E-state index contributed by atoms with van der Waals surface area (Å²) in [6, 6.07) is 27.2. The van der Waals surface area contributed by atoms with E-state index < -0.39 is 5.97 Å². The van der Waals surface area contributed by atoms with Gasteiger partial charge in [-0.25, -0.2) is 4.79 Å². The molecule has 6 rings (SSSR count). The number of carbonyl (C=O) groups excluding carboxylic acids is 3. The average Bonchev–Trinajstić information content (AvgIpc) is 3.75. The van der Waals surface area contributed by atoms with Gasteiger partial charge in [-0.2, -0.15) is 0 Å². The van der Waals surface area contributed by atoms with E-state index in [4.69, 9.17) is 5.11 Å². The van der Waals surface area contributed by atoms with E-state index in [-0.39, 0.29) is 29.7 Å². The molecule has 2 amide bonds. The number of nitrogens with zero attached hydrogens (tertiary/aromatic N) is 2. The molecular formula is C44H48N4O5. The summed E-state index contributed by atoms with van der Waals surface area (Å²) >= 11 is 0. The van der Waals surface area contributed by atoms with Crippen LogP contribution in [-0.2, 0) is 22.4 Å². The van der Waals surface area contributed by atoms with Gasteiger partial charge in [0.15, 0.2) is 5.78 Å². The van der Waals surface area contributed by atoms with Gasteiger partial charge in [0.05, 0.1) is 12.1 Å². The maximum Gasteiger partial charge on any atom is 0.328 e. The van der Waals surface area contributed by atoms with Gasteiger partial charge in [0, 0.05) is 63.2 Å². The number of nitrogens with one attached hydrogen (secondary N) is 2. The van der Waals surface area contributed by atoms with Gasteiger partial charge < -0.3 is 25.5 Å². The Hall–Kier alpha value is -5.96. The van der Waals surface area contributed by atoms with Crippen molar-refractivity contribution in [3.63, 3.8) is 0 Å². The molecule has 0 spiro atoms. The molecule has 0 saturated heterocycles. The van der Waals surface area contributed by atoms with Gasteiger partial charge >= 0.3 is 5.97 Å². The summed E-state index contributed by atoms with van der Waals surface area (Å²) in [6.45, 7) is 1.86. The van der Waals surface area contributed by atoms with Crippen LogP contribution in [0, 0.1) is 0 Å². The fourth-order valence-corrected chi connectivity index (χ4v) is 6.56. The Labute approximate surface area is 312 Å². The number of ketones is 1. The number of amides is 2. The number of carbonyl (C=O) groups is 4. The Morgan fingerprint density at radius 2 is 1.06 bits per heavy atom. The van der Waals surface area contributed by atoms with Crippen molar-refractivity contribution in [2.75, 3.05) is 38.0 Å². The van der Waals surface area contributed by atoms with Crippen molar-refractivity contribution in [3.05, 3.63) is 142 Å². The molecule has 0 bridgehead atoms. The van der Waals surface area contributed by atoms with Gasteiger partial charge in [0.25, 0.3) is 11.8 Å². The van der Waals surface area contributed by atoms with Gasteiger partial charge in [0.1, 0.15) is 0 Å². The number of carboxylic acid groups (broad SMARTS) is 1. The molecule has 2 aliphatic rings. The van der Waals surface area contributed by atoms with E-state index >= 15 is 0 Å². The number of carboxylic acids is 1. The average molecular weight is 713 g/mol. The predicted molar refractivity (Wildman–Crippen MR) is 212 cm³/mol. The number of allylic oxidation sites excluding steroid dienone is 1. The number of benzene rings is 4. The molecule has 0 fully saturated rings. The van der Waals surface area contributed by atoms with E-state index in [0.717, 1.165) is 65.4 Å². The zero-order chi connectivity index (χ0) is 38.1. The minimum Gasteiger partial charge on any atom is -0.478 e. The Bertz CT molecular complexity index is 2010. The van der Waals surface area contributed by atoms with Crippen molar-refractivity contribution in [1.29, 1.82) is 0 Å². The van der Waals surface area contributed by atoms with Crippen molar-refractivity contribution in [3.8, 4) is 0 Å². The Balaban J connectivity index is 0.000000204. The maximum absolute atomic E-state index is 12.6. The zero-order valence-electron chi connectivity index (χ0n) is 31.1. The quantitative estimate of drug-likeness (QED) is 0.139. The molecule has 4 aromatic carbocycles. The number of anilines is 2. The van der Waals surface area contributed by atoms with E-state index in [2.05, 4.69) is 22.8 Å². The third-order valence-electron chi connectivity index (χ3n) is 9.62. The largest absolute Gasteiger partial charge is 0.478 e. The Morgan fingerprint density at radius 1 is 0.642 bits per heavy atom. The second-order valence-electron chi connectivity index (χ2n) is 13.8. The molecule has 4 aromatic rings. The fourth-order valence-electron chi connectivity index (χ4n) is 6.56. The summed E-state index contributed by atoms with van der Waals surface area (Å²) in [5.41, 5.74) is 10.0. The molecule has 9 nitrogen and oxygen atoms in total. The normalized spacial score (nSPS) is 15.6. The third-order valence-corrected chi connectivity index (χ3v) is 9.62. The van der Waals surface area contributed by atoms with Crippen molar-refractivity contribution in [2.45, 2.75) is 51.1 Å². The third kappa shape index (κ3) is 10.1. The number of hydrogen-bond donors (Lipinski definition) is 3. The highest BCUT2D eigenvalue weighted by atomic mass is 16.4. The molecule has 2 unspecified atom stereocenters. The van der Waals surface area contributed by atoms with Crippen LogP contribution >= 0.6 is 0 Å². The summed E-state index contributed by atoms with van der Waals surface area (Å²) < 4.78 is 0. The van der Waals surface area contributed by atoms with Gasteiger partial charge in [0.2, 0.25) is 0 Å². The summed E-state index contributed by atoms with van der Waals surface area (Å²) in [7, 11) is 7.88. The molecule has 2 atom stereocenters. The van der Waals surface area contributed by atoms with Crippen molar-refractivity contribution in [1.82, 2.24) is 10.6 Å². The molecule has 0 aromatic heterocycles. The number of aryl methyl sites for hydroxylation is 2. The van der Waals surface area contributed by atoms with E-state index in [9.17, 15) is 19.2 Å². The molecular weight excluding hydrogens is 665 g/mol. The van der Waals surface area contributed by atoms with E-state index in [1.165, 1.54) is 11.1 Å². The van der Waals surface area contributed by atoms with Crippen LogP contribution in [-0.4, -0.2) is 56.9 Å². The summed E-state index contributed by atoms with van der Waals surface area (Å²) in [6.07, 6.45) is 10.3. The minimum atomic E-state index is -0.962. The first kappa shape index (κ1) is 38.3. The van der Waals surface area contributed by atoms with Crippen molar-refractivity contribution < 1.29 is 24.3 Å². The minimum absolute atomic E-state index is 0.0106. The topological polar surface area (TPSA) is 119 Å². The van der Waals surface area contributed by atoms with Crippen LogP contribution in [0.25, 0.3) is 12.2 Å². The molecule has 2 aliphatic carbocycles. The van der Waals surface area contributed by atoms with Gasteiger partial charge in [-0.05, 0) is 120 Å². The van der Waals surface area contributed by atoms with Crippen LogP contribution in [0.15, 0.2) is 97.1 Å². The molecule has 0 aliphatic heterocycles. The highest BCUT2D eigenvalue weighted by Crippen LogP contribution is 2.33. The van der Waals surface area contributed by atoms with E-state index in [1.807, 2.05) is 124 Å². The summed E-state index contributed by atoms with van der Waals surface area (Å²) in [5.74, 6) is -0.962. The first-order valence-electron chi connectivity index (χ1n) is 18.0. The van der Waals surface area contributed by atoms with Gasteiger partial charge in [-0.15, -0.1) is 0 Å². The lowest BCUT2D eigenvalue weighted by molar-refractivity contribution is -0.131. The zero-order valence-corrected chi connectivity index (χ0v) is 31.1. The Kier molecular flexibility index (Phi) is 12.6. The first-order valence-corrected chi connectivity index (χ1v) is 18.0. The van der Waals surface area contributed by atoms with Crippen LogP contribution < -0.4 is 20.4 Å². The number of hydrogen-bond acceptors (Lipinski definition) is 6. The van der Waals surface area contributed by atoms with E-state index in [0.29, 0.717) is 17.5 Å². The molecule has 0 saturated carbocycles. The lowest BCUT2D eigenvalue weighted by atomic mass is 10.0. The fraction of sp³-hybridized carbons (Fsp3) is 0.273. The van der Waals surface area contributed by atoms with Crippen LogP contribution in [0.5, 0.6) is 0 Å². The van der Waals surface area contributed by atoms with E-state index in [1.54, 1.807) is 12.2 Å². The van der Waals surface area contributed by atoms with Gasteiger partial charge in [-0.3, -0.25) is 14.4 Å². The Morgan fingerprint density at radius 3 is 1.43 bits per heavy atom. The van der Waals surface area contributed by atoms with Crippen molar-refractivity contribution in [2.24, 2.45) is 0 Å². The number of fused-ring (bicyclic) bond motifs is 2. The second kappa shape index (κ2) is 17.5. The SMILES string of the molecule is CCC(=O)/C=C/c1ccc2c(c1)CCC2NC(=O)c1ccc(N(C)C)cc1.CN(C)c1ccc(C(=O)NC2CCc3cc(/C=C/C(=O)O)ccc32)cc1. The highest BCUT2D eigenvalue weighted by molar-refractivity contribution is 5.96. The first-order chi connectivity index (χ1) is 25.4. The summed E-state index contributed by atoms with van der Waals surface area (Å²) in [5, 5.41) is 15.0. The smallest absolute Gasteiger partial charge is 0.328 e. The molecule has 0 radical (unpaired) electrons. The standard InChI is InChI=1S/C23H26N2O2.C21H22N2O3/c1-4-20(26)12-5-16-6-13-21-18(15-16)9-14-22(21)24-23(27)17-7-10-19(11-8-17)25(2)3;1-23(2)17-8-5-15(6-9-17)21(26)22-19-11-7-16-13-14(3-10-18(16)19)4-12-20(24)25/h5-8,10-13,15,22H,4,9,14H2,1-3H3,(H,24,27);3-6,8-10,12-13,19H,7,11H2,1-2H3,(H,22,26)(H,24,25)/b12-5+;12-4+. The van der Waals surface area contributed by atoms with Crippen LogP contribution in [0.4, 0.5) is 11.4 Å². The maximum atomic E-state index is 12.6. The molecule has 53 heavy (non-hydrogen) atoms. The van der Waals surface area contributed by atoms with Gasteiger partial charge in [-0.1, -0.05) is 49.4 Å². The number of aliphatic carboxylic acids is 1. The number of rotatable bonds is 11. The molecule has 9 heteroatoms. The lowest BCUT2D eigenvalue weighted by Crippen LogP contribution is -2.27. The van der Waals surface area contributed by atoms with Crippen LogP contribution in [0.2, 0.25) is 0 Å². The molecule has 274 valence electrons. The molecule has 3 N–H and O–H groups in total. The second-order valence-corrected chi connectivity index (χ2v) is 13.8. The van der Waals surface area contributed by atoms with Crippen LogP contribution in [0.1, 0.15) is 92.4 Å². The monoisotopic (exact) mass is 712 g/mol. The van der Waals surface area contributed by atoms with Crippen LogP contribution in [0.3, 0.4) is 0 Å². The predicted octanol–water partition coefficient (Wildman–Crippen LogP) is 7.43. The molecule has 0 heterocycles. The highest BCUT2D eigenvalue weighted by Gasteiger charge is 2.25. The summed E-state index contributed by atoms with van der Waals surface area (Å²) in [4.78, 5) is 51.2.